The summed E-state index contributed by atoms with van der Waals surface area (Å²) in [4.78, 5) is 26.9. The molecule has 41 heavy (non-hydrogen) atoms. The van der Waals surface area contributed by atoms with Crippen LogP contribution in [0.3, 0.4) is 0 Å². The molecular formula is C31H39N5O4S. The van der Waals surface area contributed by atoms with E-state index in [1.54, 1.807) is 18.2 Å². The number of rotatable bonds is 3. The average molecular weight is 578 g/mol. The molecule has 2 aliphatic rings. The summed E-state index contributed by atoms with van der Waals surface area (Å²) in [5, 5.41) is 0. The largest absolute Gasteiger partial charge is 0.477 e. The number of amides is 1. The first kappa shape index (κ1) is 29.0. The SMILES string of the molecule is Cc1cccc(C)c1-c1cc2nc(n1)NS(=O)(=O)c1cccc(c1)C(=O)N1CCN(CCC(C)(C)C)C[C@@H]1CCO2. The lowest BCUT2D eigenvalue weighted by Crippen LogP contribution is -2.55. The Kier molecular flexibility index (Phi) is 8.07. The number of nitrogens with zero attached hydrogens (tertiary/aromatic N) is 4. The number of fused-ring (bicyclic) bond motifs is 5. The van der Waals surface area contributed by atoms with E-state index >= 15 is 0 Å². The van der Waals surface area contributed by atoms with Gasteiger partial charge in [0.25, 0.3) is 15.9 Å². The fraction of sp³-hybridized carbons (Fsp3) is 0.452. The van der Waals surface area contributed by atoms with Crippen LogP contribution in [0.1, 0.15) is 55.1 Å². The predicted octanol–water partition coefficient (Wildman–Crippen LogP) is 4.91. The van der Waals surface area contributed by atoms with Crippen LogP contribution in [0.15, 0.2) is 53.4 Å². The van der Waals surface area contributed by atoms with E-state index in [0.29, 0.717) is 30.8 Å². The molecule has 0 radical (unpaired) electrons. The fourth-order valence-electron chi connectivity index (χ4n) is 5.46. The van der Waals surface area contributed by atoms with Gasteiger partial charge >= 0.3 is 0 Å². The highest BCUT2D eigenvalue weighted by molar-refractivity contribution is 7.92. The van der Waals surface area contributed by atoms with Crippen molar-refractivity contribution >= 4 is 21.9 Å². The lowest BCUT2D eigenvalue weighted by atomic mass is 9.92. The number of carbonyl (C=O) groups is 1. The Labute approximate surface area is 243 Å². The topological polar surface area (TPSA) is 105 Å². The van der Waals surface area contributed by atoms with Crippen LogP contribution in [0.25, 0.3) is 11.3 Å². The molecule has 5 rings (SSSR count). The molecule has 2 aromatic carbocycles. The molecule has 1 fully saturated rings. The van der Waals surface area contributed by atoms with Crippen LogP contribution in [0.5, 0.6) is 5.88 Å². The number of benzene rings is 2. The quantitative estimate of drug-likeness (QED) is 0.472. The number of piperazine rings is 1. The molecule has 3 aromatic rings. The lowest BCUT2D eigenvalue weighted by Gasteiger charge is -2.42. The maximum absolute atomic E-state index is 13.7. The fourth-order valence-corrected chi connectivity index (χ4v) is 6.45. The summed E-state index contributed by atoms with van der Waals surface area (Å²) in [6.07, 6.45) is 1.67. The van der Waals surface area contributed by atoms with Gasteiger partial charge in [-0.3, -0.25) is 9.69 Å². The summed E-state index contributed by atoms with van der Waals surface area (Å²) in [7, 11) is -4.08. The monoisotopic (exact) mass is 577 g/mol. The molecule has 218 valence electrons. The Morgan fingerprint density at radius 2 is 1.76 bits per heavy atom. The van der Waals surface area contributed by atoms with E-state index in [4.69, 9.17) is 4.74 Å². The summed E-state index contributed by atoms with van der Waals surface area (Å²) in [5.41, 5.74) is 4.06. The van der Waals surface area contributed by atoms with E-state index in [2.05, 4.69) is 40.4 Å². The van der Waals surface area contributed by atoms with Crippen molar-refractivity contribution in [3.63, 3.8) is 0 Å². The molecule has 1 saturated heterocycles. The predicted molar refractivity (Wildman–Crippen MR) is 160 cm³/mol. The number of carbonyl (C=O) groups excluding carboxylic acids is 1. The highest BCUT2D eigenvalue weighted by atomic mass is 32.2. The molecule has 1 atom stereocenters. The van der Waals surface area contributed by atoms with Crippen LogP contribution in [0.2, 0.25) is 0 Å². The zero-order chi connectivity index (χ0) is 29.4. The molecule has 1 amide bonds. The zero-order valence-corrected chi connectivity index (χ0v) is 25.3. The molecule has 0 spiro atoms. The Hall–Kier alpha value is -3.50. The summed E-state index contributed by atoms with van der Waals surface area (Å²) in [5.74, 6) is 0.0210. The molecule has 0 aliphatic carbocycles. The van der Waals surface area contributed by atoms with Gasteiger partial charge in [0, 0.05) is 49.3 Å². The molecule has 1 aromatic heterocycles. The highest BCUT2D eigenvalue weighted by Crippen LogP contribution is 2.30. The number of nitrogens with one attached hydrogen (secondary N) is 1. The van der Waals surface area contributed by atoms with E-state index in [9.17, 15) is 13.2 Å². The molecule has 3 heterocycles. The third-order valence-corrected chi connectivity index (χ3v) is 9.09. The highest BCUT2D eigenvalue weighted by Gasteiger charge is 2.32. The maximum Gasteiger partial charge on any atom is 0.264 e. The molecule has 9 nitrogen and oxygen atoms in total. The van der Waals surface area contributed by atoms with Crippen LogP contribution in [-0.2, 0) is 10.0 Å². The summed E-state index contributed by atoms with van der Waals surface area (Å²) >= 11 is 0. The number of aryl methyl sites for hydroxylation is 2. The Morgan fingerprint density at radius 3 is 2.49 bits per heavy atom. The van der Waals surface area contributed by atoms with E-state index < -0.39 is 10.0 Å². The third-order valence-electron chi connectivity index (χ3n) is 7.76. The Balaban J connectivity index is 1.53. The second-order valence-corrected chi connectivity index (χ2v) is 13.9. The number of sulfonamides is 1. The summed E-state index contributed by atoms with van der Waals surface area (Å²) in [6.45, 7) is 14.0. The molecule has 0 saturated carbocycles. The Morgan fingerprint density at radius 1 is 1.02 bits per heavy atom. The van der Waals surface area contributed by atoms with Crippen molar-refractivity contribution in [2.45, 2.75) is 58.4 Å². The van der Waals surface area contributed by atoms with Gasteiger partial charge < -0.3 is 9.64 Å². The van der Waals surface area contributed by atoms with Gasteiger partial charge in [-0.2, -0.15) is 4.98 Å². The van der Waals surface area contributed by atoms with E-state index in [1.807, 2.05) is 36.9 Å². The normalized spacial score (nSPS) is 19.5. The van der Waals surface area contributed by atoms with Gasteiger partial charge in [0.1, 0.15) is 0 Å². The molecule has 10 heteroatoms. The number of anilines is 1. The van der Waals surface area contributed by atoms with Crippen LogP contribution in [-0.4, -0.2) is 72.9 Å². The third kappa shape index (κ3) is 6.70. The van der Waals surface area contributed by atoms with E-state index in [1.165, 1.54) is 12.1 Å². The summed E-state index contributed by atoms with van der Waals surface area (Å²) < 4.78 is 35.5. The van der Waals surface area contributed by atoms with Crippen molar-refractivity contribution in [1.82, 2.24) is 19.8 Å². The smallest absolute Gasteiger partial charge is 0.264 e. The van der Waals surface area contributed by atoms with Crippen molar-refractivity contribution < 1.29 is 17.9 Å². The number of hydrogen-bond donors (Lipinski definition) is 1. The first-order valence-corrected chi connectivity index (χ1v) is 15.6. The number of ether oxygens (including phenoxy) is 1. The molecular weight excluding hydrogens is 538 g/mol. The van der Waals surface area contributed by atoms with E-state index in [0.717, 1.165) is 42.7 Å². The number of hydrogen-bond acceptors (Lipinski definition) is 7. The number of aromatic nitrogens is 2. The van der Waals surface area contributed by atoms with Gasteiger partial charge in [0.15, 0.2) is 0 Å². The van der Waals surface area contributed by atoms with Crippen LogP contribution < -0.4 is 9.46 Å². The van der Waals surface area contributed by atoms with Crippen molar-refractivity contribution in [3.05, 3.63) is 65.2 Å². The molecule has 1 N–H and O–H groups in total. The molecule has 0 unspecified atom stereocenters. The van der Waals surface area contributed by atoms with Crippen LogP contribution in [0, 0.1) is 19.3 Å². The van der Waals surface area contributed by atoms with Crippen molar-refractivity contribution in [2.75, 3.05) is 37.5 Å². The Bertz CT molecular complexity index is 1530. The lowest BCUT2D eigenvalue weighted by molar-refractivity contribution is 0.0382. The molecule has 4 bridgehead atoms. The first-order chi connectivity index (χ1) is 19.4. The second kappa shape index (κ2) is 11.4. The van der Waals surface area contributed by atoms with Crippen molar-refractivity contribution in [3.8, 4) is 17.1 Å². The van der Waals surface area contributed by atoms with Crippen molar-refractivity contribution in [2.24, 2.45) is 5.41 Å². The van der Waals surface area contributed by atoms with Gasteiger partial charge in [-0.25, -0.2) is 18.1 Å². The molecule has 2 aliphatic heterocycles. The van der Waals surface area contributed by atoms with Crippen LogP contribution >= 0.6 is 0 Å². The minimum atomic E-state index is -4.08. The standard InChI is InChI=1S/C31H39N5O4S/c1-21-8-6-9-22(2)28(21)26-19-27-33-30(32-26)34-41(38,39)25-11-7-10-23(18-25)29(37)36-16-15-35(14-13-31(3,4)5)20-24(36)12-17-40-27/h6-11,18-19,24H,12-17,20H2,1-5H3,(H,32,33,34)/t24-/m0/s1. The maximum atomic E-state index is 13.7. The van der Waals surface area contributed by atoms with Gasteiger partial charge in [0.2, 0.25) is 11.8 Å². The summed E-state index contributed by atoms with van der Waals surface area (Å²) in [6, 6.07) is 13.8. The zero-order valence-electron chi connectivity index (χ0n) is 24.5. The second-order valence-electron chi connectivity index (χ2n) is 12.2. The average Bonchev–Trinajstić information content (AvgIpc) is 2.90. The van der Waals surface area contributed by atoms with Gasteiger partial charge in [-0.1, -0.05) is 45.0 Å². The van der Waals surface area contributed by atoms with Gasteiger partial charge in [0.05, 0.1) is 17.2 Å². The van der Waals surface area contributed by atoms with Gasteiger partial charge in [-0.05, 0) is 61.6 Å². The van der Waals surface area contributed by atoms with Crippen molar-refractivity contribution in [1.29, 1.82) is 0 Å². The van der Waals surface area contributed by atoms with Crippen LogP contribution in [0.4, 0.5) is 5.95 Å². The minimum Gasteiger partial charge on any atom is -0.477 e. The van der Waals surface area contributed by atoms with Gasteiger partial charge in [-0.15, -0.1) is 0 Å². The first-order valence-electron chi connectivity index (χ1n) is 14.1. The van der Waals surface area contributed by atoms with E-state index in [-0.39, 0.29) is 34.1 Å². The minimum absolute atomic E-state index is 0.0238.